The molecule has 0 radical (unpaired) electrons. The molecule has 0 unspecified atom stereocenters. The molecule has 1 aromatic carbocycles. The van der Waals surface area contributed by atoms with E-state index in [9.17, 15) is 0 Å². The second-order valence-corrected chi connectivity index (χ2v) is 6.13. The summed E-state index contributed by atoms with van der Waals surface area (Å²) in [5.74, 6) is 0.813. The van der Waals surface area contributed by atoms with Gasteiger partial charge in [-0.15, -0.1) is 11.3 Å². The van der Waals surface area contributed by atoms with Crippen molar-refractivity contribution >= 4 is 45.5 Å². The average Bonchev–Trinajstić information content (AvgIpc) is 2.93. The Morgan fingerprint density at radius 2 is 2.00 bits per heavy atom. The number of halogens is 2. The zero-order valence-corrected chi connectivity index (χ0v) is 13.4. The van der Waals surface area contributed by atoms with E-state index in [1.807, 2.05) is 36.6 Å². The van der Waals surface area contributed by atoms with Crippen LogP contribution in [0.1, 0.15) is 5.56 Å². The van der Waals surface area contributed by atoms with Crippen molar-refractivity contribution in [2.45, 2.75) is 6.92 Å². The standard InChI is InChI=1S/C15H11Cl2N3S/c1-9-3-2-6-18-14(9)20-15-19-13(8-21-15)10-4-5-11(16)12(17)7-10/h2-8H,1H3,(H,18,19,20). The van der Waals surface area contributed by atoms with Gasteiger partial charge in [0.15, 0.2) is 5.13 Å². The molecule has 0 saturated heterocycles. The second-order valence-electron chi connectivity index (χ2n) is 4.46. The van der Waals surface area contributed by atoms with Crippen LogP contribution in [0.4, 0.5) is 10.9 Å². The summed E-state index contributed by atoms with van der Waals surface area (Å²) in [6, 6.07) is 9.40. The first kappa shape index (κ1) is 14.3. The van der Waals surface area contributed by atoms with Crippen LogP contribution in [0.5, 0.6) is 0 Å². The van der Waals surface area contributed by atoms with Crippen LogP contribution in [0.2, 0.25) is 10.0 Å². The smallest absolute Gasteiger partial charge is 0.188 e. The zero-order valence-electron chi connectivity index (χ0n) is 11.1. The van der Waals surface area contributed by atoms with E-state index in [1.54, 1.807) is 12.3 Å². The van der Waals surface area contributed by atoms with E-state index in [1.165, 1.54) is 11.3 Å². The number of nitrogens with zero attached hydrogens (tertiary/aromatic N) is 2. The van der Waals surface area contributed by atoms with E-state index in [2.05, 4.69) is 15.3 Å². The maximum atomic E-state index is 6.04. The number of hydrogen-bond acceptors (Lipinski definition) is 4. The van der Waals surface area contributed by atoms with Crippen LogP contribution < -0.4 is 5.32 Å². The topological polar surface area (TPSA) is 37.8 Å². The highest BCUT2D eigenvalue weighted by molar-refractivity contribution is 7.14. The van der Waals surface area contributed by atoms with Gasteiger partial charge in [0.05, 0.1) is 15.7 Å². The van der Waals surface area contributed by atoms with Gasteiger partial charge in [-0.1, -0.05) is 35.3 Å². The molecule has 0 fully saturated rings. The minimum atomic E-state index is 0.525. The van der Waals surface area contributed by atoms with E-state index in [-0.39, 0.29) is 0 Å². The molecule has 0 atom stereocenters. The summed E-state index contributed by atoms with van der Waals surface area (Å²) < 4.78 is 0. The molecule has 0 saturated carbocycles. The Kier molecular flexibility index (Phi) is 4.10. The van der Waals surface area contributed by atoms with E-state index in [4.69, 9.17) is 23.2 Å². The summed E-state index contributed by atoms with van der Waals surface area (Å²) in [4.78, 5) is 8.85. The van der Waals surface area contributed by atoms with Crippen LogP contribution in [0.15, 0.2) is 41.9 Å². The second kappa shape index (κ2) is 6.02. The molecule has 0 spiro atoms. The highest BCUT2D eigenvalue weighted by Gasteiger charge is 2.08. The lowest BCUT2D eigenvalue weighted by molar-refractivity contribution is 1.24. The van der Waals surface area contributed by atoms with Crippen molar-refractivity contribution in [3.8, 4) is 11.3 Å². The van der Waals surface area contributed by atoms with Crippen molar-refractivity contribution in [1.82, 2.24) is 9.97 Å². The molecule has 2 aromatic heterocycles. The molecule has 0 amide bonds. The maximum Gasteiger partial charge on any atom is 0.188 e. The van der Waals surface area contributed by atoms with Crippen LogP contribution >= 0.6 is 34.5 Å². The molecule has 3 aromatic rings. The van der Waals surface area contributed by atoms with E-state index < -0.39 is 0 Å². The first-order valence-electron chi connectivity index (χ1n) is 6.23. The van der Waals surface area contributed by atoms with Crippen LogP contribution in [0.25, 0.3) is 11.3 Å². The molecule has 0 aliphatic rings. The van der Waals surface area contributed by atoms with Crippen molar-refractivity contribution < 1.29 is 0 Å². The largest absolute Gasteiger partial charge is 0.316 e. The van der Waals surface area contributed by atoms with Crippen molar-refractivity contribution in [2.75, 3.05) is 5.32 Å². The van der Waals surface area contributed by atoms with Gasteiger partial charge in [-0.05, 0) is 30.7 Å². The predicted molar refractivity (Wildman–Crippen MR) is 89.8 cm³/mol. The molecule has 0 aliphatic carbocycles. The van der Waals surface area contributed by atoms with Gasteiger partial charge in [0.1, 0.15) is 5.82 Å². The Morgan fingerprint density at radius 3 is 2.76 bits per heavy atom. The summed E-state index contributed by atoms with van der Waals surface area (Å²) in [7, 11) is 0. The summed E-state index contributed by atoms with van der Waals surface area (Å²) in [6.07, 6.45) is 1.75. The summed E-state index contributed by atoms with van der Waals surface area (Å²) in [5.41, 5.74) is 2.87. The van der Waals surface area contributed by atoms with Crippen LogP contribution in [0.3, 0.4) is 0 Å². The first-order chi connectivity index (χ1) is 10.1. The molecule has 0 aliphatic heterocycles. The number of anilines is 2. The number of hydrogen-bond donors (Lipinski definition) is 1. The van der Waals surface area contributed by atoms with Crippen LogP contribution in [0, 0.1) is 6.92 Å². The number of rotatable bonds is 3. The number of nitrogens with one attached hydrogen (secondary N) is 1. The summed E-state index contributed by atoms with van der Waals surface area (Å²) in [5, 5.41) is 7.05. The van der Waals surface area contributed by atoms with Crippen molar-refractivity contribution in [3.63, 3.8) is 0 Å². The third-order valence-corrected chi connectivity index (χ3v) is 4.45. The van der Waals surface area contributed by atoms with Gasteiger partial charge in [0.25, 0.3) is 0 Å². The lowest BCUT2D eigenvalue weighted by Crippen LogP contribution is -1.95. The van der Waals surface area contributed by atoms with Crippen molar-refractivity contribution in [1.29, 1.82) is 0 Å². The lowest BCUT2D eigenvalue weighted by Gasteiger charge is -2.04. The van der Waals surface area contributed by atoms with Gasteiger partial charge in [-0.2, -0.15) is 0 Å². The SMILES string of the molecule is Cc1cccnc1Nc1nc(-c2ccc(Cl)c(Cl)c2)cs1. The molecular weight excluding hydrogens is 325 g/mol. The highest BCUT2D eigenvalue weighted by atomic mass is 35.5. The predicted octanol–water partition coefficient (Wildman–Crippen LogP) is 5.56. The molecule has 1 N–H and O–H groups in total. The molecular formula is C15H11Cl2N3S. The molecule has 21 heavy (non-hydrogen) atoms. The normalized spacial score (nSPS) is 10.6. The average molecular weight is 336 g/mol. The van der Waals surface area contributed by atoms with Crippen molar-refractivity contribution in [2.24, 2.45) is 0 Å². The third kappa shape index (κ3) is 3.18. The number of aromatic nitrogens is 2. The van der Waals surface area contributed by atoms with Gasteiger partial charge in [-0.3, -0.25) is 0 Å². The Labute approximate surface area is 136 Å². The number of pyridine rings is 1. The Morgan fingerprint density at radius 1 is 1.14 bits per heavy atom. The van der Waals surface area contributed by atoms with E-state index in [0.29, 0.717) is 10.0 Å². The fraction of sp³-hybridized carbons (Fsp3) is 0.0667. The van der Waals surface area contributed by atoms with Crippen LogP contribution in [-0.4, -0.2) is 9.97 Å². The van der Waals surface area contributed by atoms with Gasteiger partial charge < -0.3 is 5.32 Å². The molecule has 2 heterocycles. The molecule has 3 rings (SSSR count). The number of benzene rings is 1. The minimum Gasteiger partial charge on any atom is -0.316 e. The third-order valence-electron chi connectivity index (χ3n) is 2.95. The Bertz CT molecular complexity index is 786. The van der Waals surface area contributed by atoms with Crippen molar-refractivity contribution in [3.05, 3.63) is 57.5 Å². The molecule has 0 bridgehead atoms. The van der Waals surface area contributed by atoms with Gasteiger partial charge in [0, 0.05) is 17.1 Å². The van der Waals surface area contributed by atoms with Gasteiger partial charge >= 0.3 is 0 Å². The first-order valence-corrected chi connectivity index (χ1v) is 7.86. The Hall–Kier alpha value is -1.62. The highest BCUT2D eigenvalue weighted by Crippen LogP contribution is 2.31. The van der Waals surface area contributed by atoms with E-state index in [0.717, 1.165) is 27.8 Å². The monoisotopic (exact) mass is 335 g/mol. The maximum absolute atomic E-state index is 6.04. The summed E-state index contributed by atoms with van der Waals surface area (Å²) >= 11 is 13.5. The number of thiazole rings is 1. The number of aryl methyl sites for hydroxylation is 1. The zero-order chi connectivity index (χ0) is 14.8. The molecule has 106 valence electrons. The van der Waals surface area contributed by atoms with Gasteiger partial charge in [-0.25, -0.2) is 9.97 Å². The summed E-state index contributed by atoms with van der Waals surface area (Å²) in [6.45, 7) is 2.00. The minimum absolute atomic E-state index is 0.525. The molecule has 6 heteroatoms. The molecule has 3 nitrogen and oxygen atoms in total. The fourth-order valence-corrected chi connectivity index (χ4v) is 2.85. The lowest BCUT2D eigenvalue weighted by atomic mass is 10.2. The quantitative estimate of drug-likeness (QED) is 0.680. The van der Waals surface area contributed by atoms with E-state index >= 15 is 0 Å². The van der Waals surface area contributed by atoms with Gasteiger partial charge in [0.2, 0.25) is 0 Å². The van der Waals surface area contributed by atoms with Crippen LogP contribution in [-0.2, 0) is 0 Å². The Balaban J connectivity index is 1.86. The fourth-order valence-electron chi connectivity index (χ4n) is 1.84.